The standard InChI is InChI=1S/C42H31N3O/c1-2-10-33(11-3-1)42(39-14-6-7-25-43-39)34-12-4-5-13-37(34)46-38-24-22-32(27-35(38)42)28-15-17-29(18-16-28)36-23-21-31-20-19-30-9-8-26-44-40(30)41(31)45-36/h1-5,7-13,15-27,39,43H,6,14H2. The van der Waals surface area contributed by atoms with Gasteiger partial charge in [0.15, 0.2) is 0 Å². The number of ether oxygens (including phenoxy) is 1. The highest BCUT2D eigenvalue weighted by molar-refractivity contribution is 6.03. The molecule has 7 aromatic rings. The first kappa shape index (κ1) is 26.6. The Morgan fingerprint density at radius 2 is 1.37 bits per heavy atom. The largest absolute Gasteiger partial charge is 0.457 e. The number of aromatic nitrogens is 2. The van der Waals surface area contributed by atoms with Crippen LogP contribution < -0.4 is 10.1 Å². The molecule has 0 bridgehead atoms. The zero-order valence-electron chi connectivity index (χ0n) is 25.2. The summed E-state index contributed by atoms with van der Waals surface area (Å²) in [6, 6.07) is 47.5. The van der Waals surface area contributed by atoms with Gasteiger partial charge in [-0.15, -0.1) is 0 Å². The van der Waals surface area contributed by atoms with Crippen LogP contribution in [-0.4, -0.2) is 16.0 Å². The van der Waals surface area contributed by atoms with Gasteiger partial charge in [0.2, 0.25) is 0 Å². The lowest BCUT2D eigenvalue weighted by molar-refractivity contribution is 0.343. The molecule has 4 nitrogen and oxygen atoms in total. The molecule has 0 aliphatic carbocycles. The summed E-state index contributed by atoms with van der Waals surface area (Å²) in [6.07, 6.45) is 8.23. The molecule has 0 fully saturated rings. The Labute approximate surface area is 268 Å². The predicted molar refractivity (Wildman–Crippen MR) is 186 cm³/mol. The van der Waals surface area contributed by atoms with Crippen molar-refractivity contribution in [2.45, 2.75) is 24.3 Å². The molecule has 46 heavy (non-hydrogen) atoms. The second kappa shape index (κ2) is 10.7. The molecule has 4 heterocycles. The lowest BCUT2D eigenvalue weighted by atomic mass is 9.61. The lowest BCUT2D eigenvalue weighted by Gasteiger charge is -2.47. The first-order valence-corrected chi connectivity index (χ1v) is 15.9. The number of benzene rings is 5. The fourth-order valence-electron chi connectivity index (χ4n) is 7.51. The summed E-state index contributed by atoms with van der Waals surface area (Å²) in [5, 5.41) is 5.96. The third kappa shape index (κ3) is 4.14. The molecule has 5 aromatic carbocycles. The number of nitrogens with zero attached hydrogens (tertiary/aromatic N) is 2. The first-order chi connectivity index (χ1) is 22.8. The quantitative estimate of drug-likeness (QED) is 0.206. The molecule has 0 saturated heterocycles. The van der Waals surface area contributed by atoms with Crippen molar-refractivity contribution in [2.75, 3.05) is 0 Å². The zero-order chi connectivity index (χ0) is 30.5. The number of fused-ring (bicyclic) bond motifs is 5. The normalized spacial score (nSPS) is 18.4. The first-order valence-electron chi connectivity index (χ1n) is 15.9. The lowest BCUT2D eigenvalue weighted by Crippen LogP contribution is -2.50. The van der Waals surface area contributed by atoms with Gasteiger partial charge in [-0.2, -0.15) is 0 Å². The number of pyridine rings is 2. The summed E-state index contributed by atoms with van der Waals surface area (Å²) in [4.78, 5) is 9.70. The van der Waals surface area contributed by atoms with Crippen LogP contribution in [0.4, 0.5) is 0 Å². The van der Waals surface area contributed by atoms with Crippen molar-refractivity contribution in [3.63, 3.8) is 0 Å². The molecule has 0 spiro atoms. The topological polar surface area (TPSA) is 47.0 Å². The van der Waals surface area contributed by atoms with E-state index in [-0.39, 0.29) is 6.04 Å². The molecule has 2 aromatic heterocycles. The highest BCUT2D eigenvalue weighted by Crippen LogP contribution is 2.55. The van der Waals surface area contributed by atoms with E-state index >= 15 is 0 Å². The second-order valence-electron chi connectivity index (χ2n) is 12.2. The van der Waals surface area contributed by atoms with Crippen molar-refractivity contribution in [2.24, 2.45) is 0 Å². The monoisotopic (exact) mass is 593 g/mol. The van der Waals surface area contributed by atoms with Gasteiger partial charge in [0.25, 0.3) is 0 Å². The van der Waals surface area contributed by atoms with E-state index in [9.17, 15) is 0 Å². The van der Waals surface area contributed by atoms with E-state index in [1.165, 1.54) is 16.7 Å². The number of hydrogen-bond acceptors (Lipinski definition) is 4. The number of allylic oxidation sites excluding steroid dienone is 1. The van der Waals surface area contributed by atoms with Crippen molar-refractivity contribution in [1.82, 2.24) is 15.3 Å². The van der Waals surface area contributed by atoms with Gasteiger partial charge in [-0.25, -0.2) is 4.98 Å². The molecule has 4 heteroatoms. The molecule has 2 aliphatic heterocycles. The molecule has 0 saturated carbocycles. The molecular formula is C42H31N3O. The van der Waals surface area contributed by atoms with E-state index in [2.05, 4.69) is 150 Å². The van der Waals surface area contributed by atoms with Crippen LogP contribution in [0.5, 0.6) is 11.5 Å². The van der Waals surface area contributed by atoms with Crippen molar-refractivity contribution < 1.29 is 4.74 Å². The molecule has 2 atom stereocenters. The van der Waals surface area contributed by atoms with Crippen LogP contribution in [-0.2, 0) is 5.41 Å². The Morgan fingerprint density at radius 1 is 0.630 bits per heavy atom. The molecule has 0 amide bonds. The Kier molecular flexibility index (Phi) is 6.20. The average Bonchev–Trinajstić information content (AvgIpc) is 3.14. The Hall–Kier alpha value is -5.74. The molecule has 0 radical (unpaired) electrons. The Morgan fingerprint density at radius 3 is 2.22 bits per heavy atom. The molecular weight excluding hydrogens is 562 g/mol. The minimum Gasteiger partial charge on any atom is -0.457 e. The smallest absolute Gasteiger partial charge is 0.132 e. The van der Waals surface area contributed by atoms with Gasteiger partial charge in [0, 0.05) is 39.7 Å². The second-order valence-corrected chi connectivity index (χ2v) is 12.2. The van der Waals surface area contributed by atoms with Crippen LogP contribution in [0.1, 0.15) is 29.5 Å². The van der Waals surface area contributed by atoms with Crippen LogP contribution in [0, 0.1) is 0 Å². The third-order valence-electron chi connectivity index (χ3n) is 9.67. The molecule has 2 unspecified atom stereocenters. The number of rotatable bonds is 4. The van der Waals surface area contributed by atoms with E-state index in [4.69, 9.17) is 9.72 Å². The van der Waals surface area contributed by atoms with E-state index in [1.807, 2.05) is 12.3 Å². The van der Waals surface area contributed by atoms with Crippen LogP contribution in [0.3, 0.4) is 0 Å². The average molecular weight is 594 g/mol. The summed E-state index contributed by atoms with van der Waals surface area (Å²) >= 11 is 0. The molecule has 220 valence electrons. The summed E-state index contributed by atoms with van der Waals surface area (Å²) in [5.41, 5.74) is 9.38. The zero-order valence-corrected chi connectivity index (χ0v) is 25.2. The van der Waals surface area contributed by atoms with Gasteiger partial charge >= 0.3 is 0 Å². The van der Waals surface area contributed by atoms with Crippen LogP contribution in [0.25, 0.3) is 44.2 Å². The highest BCUT2D eigenvalue weighted by atomic mass is 16.5. The highest BCUT2D eigenvalue weighted by Gasteiger charge is 2.49. The fraction of sp³-hybridized carbons (Fsp3) is 0.0952. The van der Waals surface area contributed by atoms with E-state index in [1.54, 1.807) is 0 Å². The van der Waals surface area contributed by atoms with Crippen molar-refractivity contribution in [1.29, 1.82) is 0 Å². The molecule has 1 N–H and O–H groups in total. The minimum atomic E-state index is -0.433. The van der Waals surface area contributed by atoms with Crippen molar-refractivity contribution in [3.05, 3.63) is 169 Å². The maximum Gasteiger partial charge on any atom is 0.132 e. The number of para-hydroxylation sites is 1. The van der Waals surface area contributed by atoms with Gasteiger partial charge in [-0.3, -0.25) is 4.98 Å². The van der Waals surface area contributed by atoms with Gasteiger partial charge < -0.3 is 10.1 Å². The maximum atomic E-state index is 6.62. The van der Waals surface area contributed by atoms with E-state index < -0.39 is 5.41 Å². The van der Waals surface area contributed by atoms with Crippen LogP contribution >= 0.6 is 0 Å². The number of hydrogen-bond donors (Lipinski definition) is 1. The summed E-state index contributed by atoms with van der Waals surface area (Å²) in [6.45, 7) is 0. The van der Waals surface area contributed by atoms with Gasteiger partial charge in [0.1, 0.15) is 11.5 Å². The summed E-state index contributed by atoms with van der Waals surface area (Å²) < 4.78 is 6.62. The number of nitrogens with one attached hydrogen (secondary N) is 1. The molecule has 2 aliphatic rings. The van der Waals surface area contributed by atoms with Crippen molar-refractivity contribution >= 4 is 21.8 Å². The van der Waals surface area contributed by atoms with Crippen LogP contribution in [0.2, 0.25) is 0 Å². The Balaban J connectivity index is 1.17. The minimum absolute atomic E-state index is 0.158. The fourth-order valence-corrected chi connectivity index (χ4v) is 7.51. The summed E-state index contributed by atoms with van der Waals surface area (Å²) in [5.74, 6) is 1.82. The Bertz CT molecular complexity index is 2280. The maximum absolute atomic E-state index is 6.62. The summed E-state index contributed by atoms with van der Waals surface area (Å²) in [7, 11) is 0. The van der Waals surface area contributed by atoms with Gasteiger partial charge in [-0.05, 0) is 66.1 Å². The van der Waals surface area contributed by atoms with Crippen molar-refractivity contribution in [3.8, 4) is 33.9 Å². The third-order valence-corrected chi connectivity index (χ3v) is 9.67. The van der Waals surface area contributed by atoms with Gasteiger partial charge in [-0.1, -0.05) is 109 Å². The van der Waals surface area contributed by atoms with E-state index in [0.29, 0.717) is 0 Å². The SMILES string of the molecule is C1=CNC(C2(c3ccccc3)c3ccccc3Oc3ccc(-c4ccc(-c5ccc6ccc7cccnc7c6n5)cc4)cc32)CC1. The van der Waals surface area contributed by atoms with Crippen LogP contribution in [0.15, 0.2) is 152 Å². The predicted octanol–water partition coefficient (Wildman–Crippen LogP) is 9.82. The van der Waals surface area contributed by atoms with Gasteiger partial charge in [0.05, 0.1) is 22.1 Å². The van der Waals surface area contributed by atoms with E-state index in [0.717, 1.165) is 68.5 Å². The molecule has 9 rings (SSSR count).